The zero-order valence-electron chi connectivity index (χ0n) is 16.4. The van der Waals surface area contributed by atoms with Crippen LogP contribution in [0.4, 0.5) is 5.69 Å². The Kier molecular flexibility index (Phi) is 7.53. The van der Waals surface area contributed by atoms with Gasteiger partial charge in [-0.05, 0) is 47.2 Å². The van der Waals surface area contributed by atoms with Crippen LogP contribution in [0.25, 0.3) is 6.08 Å². The van der Waals surface area contributed by atoms with Crippen molar-refractivity contribution in [1.29, 1.82) is 5.26 Å². The van der Waals surface area contributed by atoms with E-state index in [0.29, 0.717) is 11.6 Å². The maximum atomic E-state index is 12.1. The third-order valence-corrected chi connectivity index (χ3v) is 4.23. The maximum absolute atomic E-state index is 12.1. The maximum Gasteiger partial charge on any atom is 0.349 e. The molecule has 2 rings (SSSR count). The van der Waals surface area contributed by atoms with Crippen LogP contribution in [0, 0.1) is 11.3 Å². The molecule has 0 unspecified atom stereocenters. The molecular formula is C23H24N2O3. The largest absolute Gasteiger partial charge is 0.451 e. The molecule has 0 aliphatic rings. The van der Waals surface area contributed by atoms with E-state index in [1.807, 2.05) is 49.4 Å². The summed E-state index contributed by atoms with van der Waals surface area (Å²) in [4.78, 5) is 24.1. The molecule has 0 heterocycles. The molecule has 2 aromatic carbocycles. The molecule has 0 radical (unpaired) electrons. The fourth-order valence-electron chi connectivity index (χ4n) is 2.51. The number of amides is 1. The van der Waals surface area contributed by atoms with Crippen LogP contribution in [0.5, 0.6) is 0 Å². The Hall–Kier alpha value is -3.39. The van der Waals surface area contributed by atoms with Crippen molar-refractivity contribution in [2.24, 2.45) is 0 Å². The van der Waals surface area contributed by atoms with Crippen molar-refractivity contribution in [2.75, 3.05) is 11.9 Å². The van der Waals surface area contributed by atoms with Crippen LogP contribution in [0.15, 0.2) is 54.1 Å². The topological polar surface area (TPSA) is 79.2 Å². The van der Waals surface area contributed by atoms with Crippen LogP contribution in [-0.4, -0.2) is 18.5 Å². The van der Waals surface area contributed by atoms with Gasteiger partial charge >= 0.3 is 5.97 Å². The first kappa shape index (κ1) is 20.9. The predicted molar refractivity (Wildman–Crippen MR) is 110 cm³/mol. The van der Waals surface area contributed by atoms with E-state index in [1.165, 1.54) is 11.6 Å². The van der Waals surface area contributed by atoms with E-state index < -0.39 is 18.5 Å². The Morgan fingerprint density at radius 3 is 2.29 bits per heavy atom. The smallest absolute Gasteiger partial charge is 0.349 e. The lowest BCUT2D eigenvalue weighted by Gasteiger charge is -2.07. The van der Waals surface area contributed by atoms with E-state index in [9.17, 15) is 14.9 Å². The van der Waals surface area contributed by atoms with E-state index in [1.54, 1.807) is 12.1 Å². The summed E-state index contributed by atoms with van der Waals surface area (Å²) in [5, 5.41) is 11.9. The fourth-order valence-corrected chi connectivity index (χ4v) is 2.51. The molecular weight excluding hydrogens is 352 g/mol. The fraction of sp³-hybridized carbons (Fsp3) is 0.261. The minimum absolute atomic E-state index is 0.155. The van der Waals surface area contributed by atoms with Crippen molar-refractivity contribution in [3.05, 3.63) is 70.8 Å². The first-order chi connectivity index (χ1) is 13.4. The molecule has 0 fully saturated rings. The van der Waals surface area contributed by atoms with Gasteiger partial charge < -0.3 is 10.1 Å². The average Bonchev–Trinajstić information content (AvgIpc) is 2.71. The number of hydrogen-bond acceptors (Lipinski definition) is 4. The number of carbonyl (C=O) groups is 2. The van der Waals surface area contributed by atoms with Crippen LogP contribution < -0.4 is 5.32 Å². The van der Waals surface area contributed by atoms with Crippen molar-refractivity contribution >= 4 is 23.6 Å². The Morgan fingerprint density at radius 1 is 1.11 bits per heavy atom. The van der Waals surface area contributed by atoms with Gasteiger partial charge in [-0.1, -0.05) is 57.2 Å². The summed E-state index contributed by atoms with van der Waals surface area (Å²) < 4.78 is 4.97. The molecule has 5 heteroatoms. The summed E-state index contributed by atoms with van der Waals surface area (Å²) in [6.07, 6.45) is 2.36. The molecule has 0 saturated carbocycles. The second-order valence-corrected chi connectivity index (χ2v) is 6.67. The Labute approximate surface area is 165 Å². The Morgan fingerprint density at radius 2 is 1.75 bits per heavy atom. The van der Waals surface area contributed by atoms with Crippen LogP contribution in [0.3, 0.4) is 0 Å². The molecule has 1 N–H and O–H groups in total. The van der Waals surface area contributed by atoms with E-state index in [0.717, 1.165) is 17.5 Å². The number of aryl methyl sites for hydroxylation is 1. The van der Waals surface area contributed by atoms with Gasteiger partial charge in [-0.2, -0.15) is 5.26 Å². The number of benzene rings is 2. The Balaban J connectivity index is 1.93. The molecule has 0 aliphatic heterocycles. The lowest BCUT2D eigenvalue weighted by atomic mass is 10.0. The molecule has 28 heavy (non-hydrogen) atoms. The number of ether oxygens (including phenoxy) is 1. The number of rotatable bonds is 7. The van der Waals surface area contributed by atoms with Gasteiger partial charge in [0.15, 0.2) is 6.61 Å². The van der Waals surface area contributed by atoms with E-state index >= 15 is 0 Å². The first-order valence-corrected chi connectivity index (χ1v) is 9.20. The molecule has 0 aromatic heterocycles. The summed E-state index contributed by atoms with van der Waals surface area (Å²) in [5.74, 6) is -0.891. The van der Waals surface area contributed by atoms with Gasteiger partial charge in [0.25, 0.3) is 5.91 Å². The minimum Gasteiger partial charge on any atom is -0.451 e. The van der Waals surface area contributed by atoms with Crippen LogP contribution in [0.1, 0.15) is 43.4 Å². The number of carbonyl (C=O) groups excluding carboxylic acids is 2. The van der Waals surface area contributed by atoms with Crippen molar-refractivity contribution in [3.8, 4) is 6.07 Å². The van der Waals surface area contributed by atoms with E-state index in [4.69, 9.17) is 4.74 Å². The lowest BCUT2D eigenvalue weighted by molar-refractivity contribution is -0.142. The first-order valence-electron chi connectivity index (χ1n) is 9.20. The van der Waals surface area contributed by atoms with Gasteiger partial charge in [-0.3, -0.25) is 4.79 Å². The number of hydrogen-bond donors (Lipinski definition) is 1. The third-order valence-electron chi connectivity index (χ3n) is 4.23. The zero-order valence-corrected chi connectivity index (χ0v) is 16.4. The molecule has 0 saturated heterocycles. The summed E-state index contributed by atoms with van der Waals surface area (Å²) in [7, 11) is 0. The molecule has 1 amide bonds. The van der Waals surface area contributed by atoms with Crippen molar-refractivity contribution in [2.45, 2.75) is 33.1 Å². The summed E-state index contributed by atoms with van der Waals surface area (Å²) in [5.41, 5.74) is 3.52. The molecule has 0 aliphatic carbocycles. The molecule has 0 bridgehead atoms. The molecule has 0 spiro atoms. The quantitative estimate of drug-likeness (QED) is 0.439. The van der Waals surface area contributed by atoms with Crippen LogP contribution in [-0.2, 0) is 20.7 Å². The number of nitrogens with one attached hydrogen (secondary N) is 1. The second-order valence-electron chi connectivity index (χ2n) is 6.67. The van der Waals surface area contributed by atoms with E-state index in [-0.39, 0.29) is 5.57 Å². The zero-order chi connectivity index (χ0) is 20.5. The SMILES string of the molecule is CCc1ccc(NC(=O)COC(=O)/C(C#N)=C/c2ccc(C(C)C)cc2)cc1. The lowest BCUT2D eigenvalue weighted by Crippen LogP contribution is -2.21. The monoisotopic (exact) mass is 376 g/mol. The summed E-state index contributed by atoms with van der Waals surface area (Å²) >= 11 is 0. The van der Waals surface area contributed by atoms with Gasteiger partial charge in [-0.25, -0.2) is 4.79 Å². The highest BCUT2D eigenvalue weighted by atomic mass is 16.5. The number of nitriles is 1. The standard InChI is InChI=1S/C23H24N2O3/c1-4-17-7-11-21(12-8-17)25-22(26)15-28-23(27)20(14-24)13-18-5-9-19(10-6-18)16(2)3/h5-13,16H,4,15H2,1-3H3,(H,25,26)/b20-13+. The van der Waals surface area contributed by atoms with Gasteiger partial charge in [0, 0.05) is 5.69 Å². The van der Waals surface area contributed by atoms with E-state index in [2.05, 4.69) is 19.2 Å². The number of anilines is 1. The second kappa shape index (κ2) is 10.1. The average molecular weight is 376 g/mol. The highest BCUT2D eigenvalue weighted by molar-refractivity contribution is 6.00. The summed E-state index contributed by atoms with van der Waals surface area (Å²) in [6.45, 7) is 5.77. The number of nitrogens with zero attached hydrogens (tertiary/aromatic N) is 1. The molecule has 5 nitrogen and oxygen atoms in total. The van der Waals surface area contributed by atoms with Crippen LogP contribution >= 0.6 is 0 Å². The van der Waals surface area contributed by atoms with Gasteiger partial charge in [-0.15, -0.1) is 0 Å². The minimum atomic E-state index is -0.827. The third kappa shape index (κ3) is 6.10. The summed E-state index contributed by atoms with van der Waals surface area (Å²) in [6, 6.07) is 16.8. The predicted octanol–water partition coefficient (Wildman–Crippen LogP) is 4.46. The molecule has 2 aromatic rings. The van der Waals surface area contributed by atoms with Crippen molar-refractivity contribution in [3.63, 3.8) is 0 Å². The van der Waals surface area contributed by atoms with Gasteiger partial charge in [0.1, 0.15) is 11.6 Å². The van der Waals surface area contributed by atoms with Crippen molar-refractivity contribution < 1.29 is 14.3 Å². The highest BCUT2D eigenvalue weighted by Gasteiger charge is 2.13. The number of esters is 1. The van der Waals surface area contributed by atoms with Gasteiger partial charge in [0.2, 0.25) is 0 Å². The normalized spacial score (nSPS) is 11.0. The Bertz CT molecular complexity index is 889. The van der Waals surface area contributed by atoms with Gasteiger partial charge in [0.05, 0.1) is 0 Å². The molecule has 0 atom stereocenters. The highest BCUT2D eigenvalue weighted by Crippen LogP contribution is 2.16. The van der Waals surface area contributed by atoms with Crippen LogP contribution in [0.2, 0.25) is 0 Å². The van der Waals surface area contributed by atoms with Crippen molar-refractivity contribution in [1.82, 2.24) is 0 Å². The molecule has 144 valence electrons.